The van der Waals surface area contributed by atoms with E-state index in [-0.39, 0.29) is 41.4 Å². The fourth-order valence-corrected chi connectivity index (χ4v) is 6.69. The molecule has 2 aromatic carbocycles. The van der Waals surface area contributed by atoms with Crippen LogP contribution in [-0.2, 0) is 21.2 Å². The SMILES string of the molecule is CC(C)(O)COc1ccc2c(CC(=O)NC3CC4(C3)CC(Oc3ccc(-c5cccc(S(N)(=O)=O)c5)cc3)C4)cnn2c1. The number of amides is 1. The van der Waals surface area contributed by atoms with E-state index in [1.807, 2.05) is 42.5 Å². The number of hydrogen-bond acceptors (Lipinski definition) is 7. The third kappa shape index (κ3) is 6.69. The minimum Gasteiger partial charge on any atom is -0.490 e. The van der Waals surface area contributed by atoms with Crippen LogP contribution in [0.5, 0.6) is 11.5 Å². The molecule has 1 spiro atoms. The van der Waals surface area contributed by atoms with Gasteiger partial charge in [-0.05, 0) is 92.5 Å². The van der Waals surface area contributed by atoms with Gasteiger partial charge in [0.05, 0.1) is 40.9 Å². The van der Waals surface area contributed by atoms with Crippen molar-refractivity contribution in [3.63, 3.8) is 0 Å². The lowest BCUT2D eigenvalue weighted by molar-refractivity contribution is -0.126. The molecule has 2 aliphatic carbocycles. The number of nitrogens with one attached hydrogen (secondary N) is 1. The topological polar surface area (TPSA) is 145 Å². The monoisotopic (exact) mass is 604 g/mol. The van der Waals surface area contributed by atoms with Crippen molar-refractivity contribution in [1.29, 1.82) is 0 Å². The van der Waals surface area contributed by atoms with Gasteiger partial charge in [-0.1, -0.05) is 24.3 Å². The van der Waals surface area contributed by atoms with Crippen LogP contribution in [-0.4, -0.2) is 53.4 Å². The van der Waals surface area contributed by atoms with Crippen molar-refractivity contribution in [2.24, 2.45) is 10.6 Å². The van der Waals surface area contributed by atoms with Crippen molar-refractivity contribution in [3.05, 3.63) is 78.6 Å². The summed E-state index contributed by atoms with van der Waals surface area (Å²) in [7, 11) is -3.76. The number of carbonyl (C=O) groups excluding carboxylic acids is 1. The molecule has 1 amide bonds. The van der Waals surface area contributed by atoms with Gasteiger partial charge in [-0.3, -0.25) is 4.79 Å². The number of nitrogens with zero attached hydrogens (tertiary/aromatic N) is 2. The summed E-state index contributed by atoms with van der Waals surface area (Å²) in [5, 5.41) is 22.7. The fraction of sp³-hybridized carbons (Fsp3) is 0.375. The van der Waals surface area contributed by atoms with E-state index < -0.39 is 15.6 Å². The number of rotatable bonds is 10. The molecule has 2 aliphatic rings. The van der Waals surface area contributed by atoms with E-state index in [0.29, 0.717) is 5.75 Å². The second-order valence-corrected chi connectivity index (χ2v) is 14.1. The fourth-order valence-electron chi connectivity index (χ4n) is 6.13. The molecule has 0 radical (unpaired) electrons. The summed E-state index contributed by atoms with van der Waals surface area (Å²) in [6.07, 6.45) is 7.68. The van der Waals surface area contributed by atoms with E-state index >= 15 is 0 Å². The smallest absolute Gasteiger partial charge is 0.238 e. The Balaban J connectivity index is 0.951. The van der Waals surface area contributed by atoms with Gasteiger partial charge in [0.1, 0.15) is 18.1 Å². The summed E-state index contributed by atoms with van der Waals surface area (Å²) >= 11 is 0. The first-order valence-corrected chi connectivity index (χ1v) is 15.9. The third-order valence-corrected chi connectivity index (χ3v) is 9.12. The highest BCUT2D eigenvalue weighted by atomic mass is 32.2. The molecule has 6 rings (SSSR count). The Morgan fingerprint density at radius 2 is 1.79 bits per heavy atom. The highest BCUT2D eigenvalue weighted by Gasteiger charge is 2.54. The standard InChI is InChI=1S/C32H36N4O6S/c1-31(2,38)20-41-26-10-11-29-23(18-34-36(29)19-26)13-30(37)35-24-14-32(15-24)16-27(17-32)42-25-8-6-21(7-9-25)22-4-3-5-28(12-22)43(33,39)40/h3-12,18-19,24,27,38H,13-17,20H2,1-2H3,(H,35,37)(H2,33,39,40). The van der Waals surface area contributed by atoms with Crippen LogP contribution in [0.15, 0.2) is 78.0 Å². The number of fused-ring (bicyclic) bond motifs is 1. The molecule has 2 fully saturated rings. The van der Waals surface area contributed by atoms with E-state index in [2.05, 4.69) is 10.4 Å². The van der Waals surface area contributed by atoms with Gasteiger partial charge >= 0.3 is 0 Å². The molecular formula is C32H36N4O6S. The van der Waals surface area contributed by atoms with Crippen molar-refractivity contribution in [2.45, 2.75) is 68.6 Å². The number of benzene rings is 2. The Labute approximate surface area is 250 Å². The van der Waals surface area contributed by atoms with E-state index in [4.69, 9.17) is 14.6 Å². The highest BCUT2D eigenvalue weighted by Crippen LogP contribution is 2.56. The number of sulfonamides is 1. The maximum atomic E-state index is 12.8. The zero-order chi connectivity index (χ0) is 30.4. The van der Waals surface area contributed by atoms with Gasteiger partial charge in [0, 0.05) is 11.6 Å². The normalized spacial score (nSPS) is 21.7. The molecule has 0 atom stereocenters. The van der Waals surface area contributed by atoms with Crippen molar-refractivity contribution in [3.8, 4) is 22.6 Å². The van der Waals surface area contributed by atoms with Crippen molar-refractivity contribution in [2.75, 3.05) is 6.61 Å². The molecule has 0 unspecified atom stereocenters. The molecule has 0 saturated heterocycles. The number of pyridine rings is 1. The molecule has 2 heterocycles. The molecule has 0 aliphatic heterocycles. The van der Waals surface area contributed by atoms with E-state index in [1.54, 1.807) is 42.9 Å². The van der Waals surface area contributed by atoms with Gasteiger partial charge in [-0.15, -0.1) is 0 Å². The van der Waals surface area contributed by atoms with Gasteiger partial charge in [0.25, 0.3) is 0 Å². The molecule has 2 aromatic heterocycles. The minimum atomic E-state index is -3.76. The lowest BCUT2D eigenvalue weighted by Gasteiger charge is -2.57. The molecule has 226 valence electrons. The second-order valence-electron chi connectivity index (χ2n) is 12.6. The van der Waals surface area contributed by atoms with E-state index in [0.717, 1.165) is 53.6 Å². The lowest BCUT2D eigenvalue weighted by atomic mass is 9.53. The summed E-state index contributed by atoms with van der Waals surface area (Å²) in [6, 6.07) is 18.1. The minimum absolute atomic E-state index is 0.0149. The summed E-state index contributed by atoms with van der Waals surface area (Å²) in [5.74, 6) is 1.36. The van der Waals surface area contributed by atoms with Crippen LogP contribution in [0, 0.1) is 5.41 Å². The molecule has 4 N–H and O–H groups in total. The molecule has 2 saturated carbocycles. The van der Waals surface area contributed by atoms with Crippen LogP contribution in [0.2, 0.25) is 0 Å². The van der Waals surface area contributed by atoms with Gasteiger partial charge in [-0.2, -0.15) is 5.10 Å². The predicted octanol–water partition coefficient (Wildman–Crippen LogP) is 3.85. The first-order chi connectivity index (χ1) is 20.3. The van der Waals surface area contributed by atoms with Crippen molar-refractivity contribution >= 4 is 21.4 Å². The number of aliphatic hydroxyl groups is 1. The van der Waals surface area contributed by atoms with Crippen molar-refractivity contribution < 1.29 is 27.8 Å². The zero-order valence-electron chi connectivity index (χ0n) is 24.2. The summed E-state index contributed by atoms with van der Waals surface area (Å²) in [5.41, 5.74) is 2.65. The maximum Gasteiger partial charge on any atom is 0.238 e. The van der Waals surface area contributed by atoms with Gasteiger partial charge in [-0.25, -0.2) is 18.1 Å². The van der Waals surface area contributed by atoms with Crippen molar-refractivity contribution in [1.82, 2.24) is 14.9 Å². The second kappa shape index (κ2) is 11.0. The number of nitrogens with two attached hydrogens (primary N) is 1. The predicted molar refractivity (Wildman–Crippen MR) is 161 cm³/mol. The summed E-state index contributed by atoms with van der Waals surface area (Å²) < 4.78 is 36.8. The number of aromatic nitrogens is 2. The quantitative estimate of drug-likeness (QED) is 0.249. The number of ether oxygens (including phenoxy) is 2. The van der Waals surface area contributed by atoms with Crippen LogP contribution in [0.1, 0.15) is 45.1 Å². The van der Waals surface area contributed by atoms with E-state index in [1.165, 1.54) is 6.07 Å². The zero-order valence-corrected chi connectivity index (χ0v) is 25.0. The molecule has 4 aromatic rings. The summed E-state index contributed by atoms with van der Waals surface area (Å²) in [4.78, 5) is 12.9. The molecule has 10 nitrogen and oxygen atoms in total. The average molecular weight is 605 g/mol. The van der Waals surface area contributed by atoms with E-state index in [9.17, 15) is 18.3 Å². The van der Waals surface area contributed by atoms with Gasteiger partial charge in [0.2, 0.25) is 15.9 Å². The van der Waals surface area contributed by atoms with Crippen LogP contribution in [0.4, 0.5) is 0 Å². The molecule has 43 heavy (non-hydrogen) atoms. The maximum absolute atomic E-state index is 12.8. The summed E-state index contributed by atoms with van der Waals surface area (Å²) in [6.45, 7) is 3.53. The van der Waals surface area contributed by atoms with Crippen LogP contribution >= 0.6 is 0 Å². The Bertz CT molecular complexity index is 1750. The molecule has 0 bridgehead atoms. The first kappa shape index (κ1) is 29.2. The number of hydrogen-bond donors (Lipinski definition) is 3. The number of carbonyl (C=O) groups is 1. The molecular weight excluding hydrogens is 568 g/mol. The molecule has 11 heteroatoms. The van der Waals surface area contributed by atoms with Crippen LogP contribution in [0.25, 0.3) is 16.6 Å². The van der Waals surface area contributed by atoms with Crippen LogP contribution in [0.3, 0.4) is 0 Å². The highest BCUT2D eigenvalue weighted by molar-refractivity contribution is 7.89. The lowest BCUT2D eigenvalue weighted by Crippen LogP contribution is -2.58. The Hall–Kier alpha value is -3.93. The van der Waals surface area contributed by atoms with Gasteiger partial charge < -0.3 is 19.9 Å². The largest absolute Gasteiger partial charge is 0.490 e. The average Bonchev–Trinajstić information content (AvgIpc) is 3.30. The Kier molecular flexibility index (Phi) is 7.44. The Morgan fingerprint density at radius 1 is 1.07 bits per heavy atom. The van der Waals surface area contributed by atoms with Gasteiger partial charge in [0.15, 0.2) is 0 Å². The Morgan fingerprint density at radius 3 is 2.49 bits per heavy atom. The third-order valence-electron chi connectivity index (χ3n) is 8.21. The number of primary sulfonamides is 1. The first-order valence-electron chi connectivity index (χ1n) is 14.4. The van der Waals surface area contributed by atoms with Crippen LogP contribution < -0.4 is 19.9 Å².